The van der Waals surface area contributed by atoms with Crippen LogP contribution in [0.25, 0.3) is 16.3 Å². The molecule has 4 rings (SSSR count). The number of phenols is 2. The quantitative estimate of drug-likeness (QED) is 0.258. The third-order valence-corrected chi connectivity index (χ3v) is 7.77. The van der Waals surface area contributed by atoms with E-state index in [0.717, 1.165) is 29.9 Å². The lowest BCUT2D eigenvalue weighted by Crippen LogP contribution is -2.33. The molecule has 0 saturated heterocycles. The summed E-state index contributed by atoms with van der Waals surface area (Å²) in [6.07, 6.45) is 4.40. The summed E-state index contributed by atoms with van der Waals surface area (Å²) in [7, 11) is -4.42. The van der Waals surface area contributed by atoms with Crippen LogP contribution in [0.15, 0.2) is 58.0 Å². The van der Waals surface area contributed by atoms with Crippen molar-refractivity contribution in [3.63, 3.8) is 0 Å². The van der Waals surface area contributed by atoms with Gasteiger partial charge in [0.25, 0.3) is 5.01 Å². The minimum atomic E-state index is -4.42. The molecule has 0 aliphatic carbocycles. The topological polar surface area (TPSA) is 114 Å². The van der Waals surface area contributed by atoms with Gasteiger partial charge in [-0.2, -0.15) is 4.57 Å². The zero-order valence-electron chi connectivity index (χ0n) is 19.9. The highest BCUT2D eigenvalue weighted by Gasteiger charge is 2.24. The van der Waals surface area contributed by atoms with Crippen molar-refractivity contribution in [2.45, 2.75) is 39.1 Å². The van der Waals surface area contributed by atoms with Crippen molar-refractivity contribution >= 4 is 55.5 Å². The van der Waals surface area contributed by atoms with Gasteiger partial charge >= 0.3 is 0 Å². The number of allylic oxidation sites excluding steroid dienone is 2. The standard InChI is InChI=1S/C22H22N2O2S2.C2H6O4S/c1-4-23-17-12-15(25)6-8-19(17)27-21(23)10-14(3)11-22-24(5-2)18-13-16(26)7-9-20(18)28-22;1-2-6-7(3,4)5/h6-13H,4-5H2,1-3H3,(H-,25,26);2H2,1H3,(H,3,4,5). The van der Waals surface area contributed by atoms with Gasteiger partial charge in [0.2, 0.25) is 15.9 Å². The van der Waals surface area contributed by atoms with Gasteiger partial charge < -0.3 is 19.7 Å². The predicted molar refractivity (Wildman–Crippen MR) is 139 cm³/mol. The molecule has 0 amide bonds. The lowest BCUT2D eigenvalue weighted by atomic mass is 10.2. The van der Waals surface area contributed by atoms with Crippen molar-refractivity contribution < 1.29 is 31.9 Å². The van der Waals surface area contributed by atoms with Crippen molar-refractivity contribution in [3.05, 3.63) is 58.1 Å². The third kappa shape index (κ3) is 6.77. The van der Waals surface area contributed by atoms with Crippen LogP contribution in [-0.2, 0) is 21.1 Å². The number of hydrogen-bond acceptors (Lipinski definition) is 9. The average molecular weight is 537 g/mol. The van der Waals surface area contributed by atoms with Gasteiger partial charge in [-0.05, 0) is 63.6 Å². The summed E-state index contributed by atoms with van der Waals surface area (Å²) in [5.74, 6) is 0.590. The fourth-order valence-electron chi connectivity index (χ4n) is 3.62. The van der Waals surface area contributed by atoms with E-state index < -0.39 is 10.4 Å². The van der Waals surface area contributed by atoms with Crippen molar-refractivity contribution in [2.75, 3.05) is 18.1 Å². The summed E-state index contributed by atoms with van der Waals surface area (Å²) in [6.45, 7) is 9.39. The molecule has 8 nitrogen and oxygen atoms in total. The summed E-state index contributed by atoms with van der Waals surface area (Å²) in [4.78, 5) is 3.40. The van der Waals surface area contributed by atoms with Gasteiger partial charge in [0.15, 0.2) is 0 Å². The van der Waals surface area contributed by atoms with Crippen LogP contribution >= 0.6 is 23.1 Å². The SMILES string of the molecule is CCN1/C(=C/C(C)=C/c2sc3ccc(O)cc3[n+]2CC)Sc2ccc(O)cc21.CCOS(=O)(=O)[O-]. The Balaban J connectivity index is 0.000000429. The maximum atomic E-state index is 9.83. The van der Waals surface area contributed by atoms with Gasteiger partial charge in [-0.3, -0.25) is 4.18 Å². The molecule has 2 aromatic carbocycles. The Labute approximate surface area is 213 Å². The number of aromatic nitrogens is 1. The summed E-state index contributed by atoms with van der Waals surface area (Å²) in [5, 5.41) is 22.0. The van der Waals surface area contributed by atoms with Gasteiger partial charge in [0.1, 0.15) is 22.7 Å². The summed E-state index contributed by atoms with van der Waals surface area (Å²) in [5.41, 5.74) is 3.29. The molecule has 1 aliphatic rings. The van der Waals surface area contributed by atoms with E-state index in [9.17, 15) is 23.2 Å². The molecule has 0 spiro atoms. The second-order valence-corrected chi connectivity index (χ2v) is 10.7. The number of benzene rings is 2. The summed E-state index contributed by atoms with van der Waals surface area (Å²) >= 11 is 3.46. The molecule has 0 radical (unpaired) electrons. The Bertz CT molecular complexity index is 1380. The van der Waals surface area contributed by atoms with Crippen LogP contribution in [-0.4, -0.2) is 36.3 Å². The predicted octanol–water partition coefficient (Wildman–Crippen LogP) is 4.98. The highest BCUT2D eigenvalue weighted by atomic mass is 32.3. The summed E-state index contributed by atoms with van der Waals surface area (Å²) < 4.78 is 35.4. The molecule has 0 saturated carbocycles. The number of nitrogens with zero attached hydrogens (tertiary/aromatic N) is 2. The molecule has 0 atom stereocenters. The molecule has 1 aromatic heterocycles. The minimum absolute atomic E-state index is 0.0914. The van der Waals surface area contributed by atoms with Crippen molar-refractivity contribution in [3.8, 4) is 11.5 Å². The van der Waals surface area contributed by atoms with Gasteiger partial charge in [0.05, 0.1) is 23.4 Å². The number of phenolic OH excluding ortho intramolecular Hbond substituents is 2. The maximum absolute atomic E-state index is 9.83. The van der Waals surface area contributed by atoms with Crippen molar-refractivity contribution in [2.24, 2.45) is 0 Å². The fraction of sp³-hybridized carbons (Fsp3) is 0.292. The van der Waals surface area contributed by atoms with Crippen LogP contribution in [0.3, 0.4) is 0 Å². The van der Waals surface area contributed by atoms with Crippen LogP contribution in [0, 0.1) is 0 Å². The molecule has 0 bridgehead atoms. The lowest BCUT2D eigenvalue weighted by Gasteiger charge is -2.18. The molecule has 35 heavy (non-hydrogen) atoms. The molecule has 11 heteroatoms. The molecule has 1 aliphatic heterocycles. The van der Waals surface area contributed by atoms with E-state index in [4.69, 9.17) is 0 Å². The van der Waals surface area contributed by atoms with E-state index in [2.05, 4.69) is 46.6 Å². The largest absolute Gasteiger partial charge is 0.726 e. The maximum Gasteiger partial charge on any atom is 0.262 e. The van der Waals surface area contributed by atoms with Gasteiger partial charge in [-0.25, -0.2) is 8.42 Å². The molecule has 3 aromatic rings. The number of hydrogen-bond donors (Lipinski definition) is 2. The molecule has 0 fully saturated rings. The molecular weight excluding hydrogens is 508 g/mol. The van der Waals surface area contributed by atoms with E-state index in [0.29, 0.717) is 11.5 Å². The zero-order chi connectivity index (χ0) is 25.8. The van der Waals surface area contributed by atoms with Crippen LogP contribution in [0.1, 0.15) is 32.7 Å². The van der Waals surface area contributed by atoms with E-state index in [1.165, 1.54) is 26.6 Å². The second-order valence-electron chi connectivity index (χ2n) is 7.52. The Morgan fingerprint density at radius 2 is 1.83 bits per heavy atom. The Kier molecular flexibility index (Phi) is 8.84. The first kappa shape index (κ1) is 27.0. The smallest absolute Gasteiger partial charge is 0.262 e. The highest BCUT2D eigenvalue weighted by Crippen LogP contribution is 2.47. The Morgan fingerprint density at radius 3 is 2.43 bits per heavy atom. The number of fused-ring (bicyclic) bond motifs is 2. The molecule has 2 N–H and O–H groups in total. The number of aromatic hydroxyl groups is 2. The van der Waals surface area contributed by atoms with Gasteiger partial charge in [0, 0.05) is 23.6 Å². The first-order valence-electron chi connectivity index (χ1n) is 11.0. The number of thiazole rings is 1. The molecule has 0 unspecified atom stereocenters. The van der Waals surface area contributed by atoms with Crippen molar-refractivity contribution in [1.29, 1.82) is 0 Å². The Hall–Kier alpha value is -2.57. The third-order valence-electron chi connectivity index (χ3n) is 5.02. The normalized spacial score (nSPS) is 14.8. The minimum Gasteiger partial charge on any atom is -0.726 e. The van der Waals surface area contributed by atoms with Gasteiger partial charge in [-0.1, -0.05) is 23.1 Å². The molecule has 2 heterocycles. The van der Waals surface area contributed by atoms with Crippen molar-refractivity contribution in [1.82, 2.24) is 0 Å². The van der Waals surface area contributed by atoms with E-state index >= 15 is 0 Å². The number of aryl methyl sites for hydroxylation is 1. The zero-order valence-corrected chi connectivity index (χ0v) is 22.3. The average Bonchev–Trinajstić information content (AvgIpc) is 3.28. The molecule has 188 valence electrons. The van der Waals surface area contributed by atoms with E-state index in [1.54, 1.807) is 35.2 Å². The van der Waals surface area contributed by atoms with Crippen LogP contribution < -0.4 is 9.47 Å². The first-order chi connectivity index (χ1) is 16.6. The lowest BCUT2D eigenvalue weighted by molar-refractivity contribution is -0.665. The van der Waals surface area contributed by atoms with E-state index in [1.807, 2.05) is 24.3 Å². The van der Waals surface area contributed by atoms with Gasteiger partial charge in [-0.15, -0.1) is 0 Å². The first-order valence-corrected chi connectivity index (χ1v) is 14.0. The number of rotatable bonds is 6. The molecular formula is C24H28N2O6S3. The number of anilines is 1. The Morgan fingerprint density at radius 1 is 1.14 bits per heavy atom. The fourth-order valence-corrected chi connectivity index (χ4v) is 6.35. The van der Waals surface area contributed by atoms with Crippen LogP contribution in [0.4, 0.5) is 5.69 Å². The highest BCUT2D eigenvalue weighted by molar-refractivity contribution is 8.03. The van der Waals surface area contributed by atoms with Crippen LogP contribution in [0.2, 0.25) is 0 Å². The monoisotopic (exact) mass is 536 g/mol. The summed E-state index contributed by atoms with van der Waals surface area (Å²) in [6, 6.07) is 11.1. The second kappa shape index (κ2) is 11.4. The number of thioether (sulfide) groups is 1. The van der Waals surface area contributed by atoms with Crippen LogP contribution in [0.5, 0.6) is 11.5 Å². The van der Waals surface area contributed by atoms with E-state index in [-0.39, 0.29) is 6.61 Å².